The highest BCUT2D eigenvalue weighted by Crippen LogP contribution is 2.41. The molecule has 0 spiro atoms. The van der Waals surface area contributed by atoms with Gasteiger partial charge in [-0.1, -0.05) is 18.5 Å². The Morgan fingerprint density at radius 1 is 1.09 bits per heavy atom. The molecule has 1 aliphatic carbocycles. The highest BCUT2D eigenvalue weighted by Gasteiger charge is 2.35. The number of esters is 2. The van der Waals surface area contributed by atoms with Crippen LogP contribution in [-0.4, -0.2) is 44.3 Å². The summed E-state index contributed by atoms with van der Waals surface area (Å²) in [5, 5.41) is -1.10. The number of carbonyl (C=O) groups is 4. The summed E-state index contributed by atoms with van der Waals surface area (Å²) < 4.78 is 29.5. The van der Waals surface area contributed by atoms with Crippen molar-refractivity contribution in [2.24, 2.45) is 0 Å². The van der Waals surface area contributed by atoms with Gasteiger partial charge in [0, 0.05) is 29.6 Å². The van der Waals surface area contributed by atoms with Gasteiger partial charge < -0.3 is 14.2 Å². The molecule has 1 heterocycles. The Kier molecular flexibility index (Phi) is 9.80. The van der Waals surface area contributed by atoms with Gasteiger partial charge in [0.25, 0.3) is 5.91 Å². The fraction of sp³-hybridized carbons (Fsp3) is 0.524. The fourth-order valence-corrected chi connectivity index (χ4v) is 4.55. The molecular weight excluding hydrogens is 465 g/mol. The number of methoxy groups -OCH3 is 1. The standard InChI is InChI=1S/C21H25ClFNO7S/c1-4-15(25)24(18-17(22)14(32-19(18)23)10-16(26)30-5-2)20(27)12-8-6-7-9-13(12)21(28)31-11-29-3/h4-11H2,1-3H3. The van der Waals surface area contributed by atoms with E-state index < -0.39 is 34.6 Å². The van der Waals surface area contributed by atoms with Crippen LogP contribution in [0.3, 0.4) is 0 Å². The van der Waals surface area contributed by atoms with E-state index in [1.54, 1.807) is 6.92 Å². The molecule has 2 amide bonds. The van der Waals surface area contributed by atoms with Gasteiger partial charge in [-0.05, 0) is 32.6 Å². The lowest BCUT2D eigenvalue weighted by atomic mass is 9.90. The van der Waals surface area contributed by atoms with Crippen LogP contribution in [0.25, 0.3) is 0 Å². The number of carbonyl (C=O) groups excluding carboxylic acids is 4. The summed E-state index contributed by atoms with van der Waals surface area (Å²) in [6.07, 6.45) is 1.38. The van der Waals surface area contributed by atoms with E-state index >= 15 is 0 Å². The lowest BCUT2D eigenvalue weighted by molar-refractivity contribution is -0.150. The lowest BCUT2D eigenvalue weighted by Crippen LogP contribution is -2.39. The Hall–Kier alpha value is -2.30. The van der Waals surface area contributed by atoms with E-state index in [2.05, 4.69) is 0 Å². The predicted molar refractivity (Wildman–Crippen MR) is 116 cm³/mol. The maximum atomic E-state index is 14.9. The molecule has 0 N–H and O–H groups in total. The predicted octanol–water partition coefficient (Wildman–Crippen LogP) is 3.93. The molecule has 0 fully saturated rings. The average Bonchev–Trinajstić information content (AvgIpc) is 3.05. The topological polar surface area (TPSA) is 99.2 Å². The van der Waals surface area contributed by atoms with Crippen LogP contribution in [0, 0.1) is 5.13 Å². The van der Waals surface area contributed by atoms with Crippen LogP contribution in [0.1, 0.15) is 50.8 Å². The van der Waals surface area contributed by atoms with Crippen molar-refractivity contribution >= 4 is 52.4 Å². The minimum absolute atomic E-state index is 0.0766. The van der Waals surface area contributed by atoms with E-state index in [0.29, 0.717) is 29.1 Å². The van der Waals surface area contributed by atoms with E-state index in [4.69, 9.17) is 25.8 Å². The third-order valence-electron chi connectivity index (χ3n) is 4.72. The van der Waals surface area contributed by atoms with Crippen molar-refractivity contribution in [2.45, 2.75) is 52.4 Å². The number of rotatable bonds is 9. The second-order valence-electron chi connectivity index (χ2n) is 6.83. The zero-order valence-electron chi connectivity index (χ0n) is 18.1. The number of amides is 2. The van der Waals surface area contributed by atoms with Crippen LogP contribution in [0.15, 0.2) is 11.1 Å². The maximum absolute atomic E-state index is 14.9. The molecule has 1 aliphatic rings. The average molecular weight is 490 g/mol. The van der Waals surface area contributed by atoms with Crippen LogP contribution in [0.4, 0.5) is 10.1 Å². The SMILES string of the molecule is CCOC(=O)Cc1sc(F)c(N(C(=O)CC)C(=O)C2=C(C(=O)OCOC)CCCC2)c1Cl. The third kappa shape index (κ3) is 5.93. The molecule has 2 rings (SSSR count). The number of ether oxygens (including phenoxy) is 3. The van der Waals surface area contributed by atoms with E-state index in [1.165, 1.54) is 14.0 Å². The summed E-state index contributed by atoms with van der Waals surface area (Å²) in [5.41, 5.74) is -0.214. The molecule has 32 heavy (non-hydrogen) atoms. The second kappa shape index (κ2) is 12.1. The molecule has 0 saturated heterocycles. The molecule has 176 valence electrons. The lowest BCUT2D eigenvalue weighted by Gasteiger charge is -2.25. The monoisotopic (exact) mass is 489 g/mol. The Morgan fingerprint density at radius 2 is 1.75 bits per heavy atom. The van der Waals surface area contributed by atoms with Crippen LogP contribution >= 0.6 is 22.9 Å². The smallest absolute Gasteiger partial charge is 0.336 e. The van der Waals surface area contributed by atoms with Crippen molar-refractivity contribution < 1.29 is 37.8 Å². The molecule has 0 aromatic carbocycles. The molecule has 0 atom stereocenters. The van der Waals surface area contributed by atoms with Crippen LogP contribution < -0.4 is 4.90 Å². The summed E-state index contributed by atoms with van der Waals surface area (Å²) in [6.45, 7) is 3.01. The summed E-state index contributed by atoms with van der Waals surface area (Å²) in [7, 11) is 1.35. The number of imide groups is 1. The molecular formula is C21H25ClFNO7S. The van der Waals surface area contributed by atoms with Crippen molar-refractivity contribution in [1.82, 2.24) is 0 Å². The molecule has 1 aromatic rings. The first-order valence-electron chi connectivity index (χ1n) is 10.1. The zero-order chi connectivity index (χ0) is 23.8. The van der Waals surface area contributed by atoms with Crippen molar-refractivity contribution in [3.05, 3.63) is 26.2 Å². The second-order valence-corrected chi connectivity index (χ2v) is 8.27. The Labute approximate surface area is 194 Å². The molecule has 8 nitrogen and oxygen atoms in total. The highest BCUT2D eigenvalue weighted by atomic mass is 35.5. The van der Waals surface area contributed by atoms with Gasteiger partial charge in [0.05, 0.1) is 18.1 Å². The van der Waals surface area contributed by atoms with E-state index in [0.717, 1.165) is 0 Å². The molecule has 0 bridgehead atoms. The van der Waals surface area contributed by atoms with Gasteiger partial charge in [-0.25, -0.2) is 9.69 Å². The number of nitrogens with zero attached hydrogens (tertiary/aromatic N) is 1. The Morgan fingerprint density at radius 3 is 2.34 bits per heavy atom. The minimum Gasteiger partial charge on any atom is -0.466 e. The van der Waals surface area contributed by atoms with Crippen molar-refractivity contribution in [2.75, 3.05) is 25.4 Å². The zero-order valence-corrected chi connectivity index (χ0v) is 19.7. The number of halogens is 2. The van der Waals surface area contributed by atoms with Crippen LogP contribution in [-0.2, 0) is 39.8 Å². The molecule has 11 heteroatoms. The van der Waals surface area contributed by atoms with Crippen LogP contribution in [0.5, 0.6) is 0 Å². The van der Waals surface area contributed by atoms with Gasteiger partial charge in [0.2, 0.25) is 11.0 Å². The van der Waals surface area contributed by atoms with Gasteiger partial charge in [0.15, 0.2) is 6.79 Å². The summed E-state index contributed by atoms with van der Waals surface area (Å²) >= 11 is 6.88. The number of thiophene rings is 1. The maximum Gasteiger partial charge on any atom is 0.336 e. The number of anilines is 1. The largest absolute Gasteiger partial charge is 0.466 e. The highest BCUT2D eigenvalue weighted by molar-refractivity contribution is 7.11. The van der Waals surface area contributed by atoms with Gasteiger partial charge in [-0.3, -0.25) is 14.4 Å². The summed E-state index contributed by atoms with van der Waals surface area (Å²) in [6, 6.07) is 0. The third-order valence-corrected chi connectivity index (χ3v) is 6.21. The minimum atomic E-state index is -0.885. The first-order chi connectivity index (χ1) is 15.3. The molecule has 0 unspecified atom stereocenters. The van der Waals surface area contributed by atoms with E-state index in [1.807, 2.05) is 0 Å². The molecule has 0 radical (unpaired) electrons. The van der Waals surface area contributed by atoms with E-state index in [9.17, 15) is 23.6 Å². The van der Waals surface area contributed by atoms with Gasteiger partial charge in [-0.15, -0.1) is 11.3 Å². The van der Waals surface area contributed by atoms with Crippen LogP contribution in [0.2, 0.25) is 5.02 Å². The normalized spacial score (nSPS) is 13.7. The van der Waals surface area contributed by atoms with Gasteiger partial charge in [0.1, 0.15) is 5.69 Å². The van der Waals surface area contributed by atoms with Gasteiger partial charge >= 0.3 is 11.9 Å². The number of hydrogen-bond acceptors (Lipinski definition) is 8. The Balaban J connectivity index is 2.50. The van der Waals surface area contributed by atoms with Crippen molar-refractivity contribution in [3.63, 3.8) is 0 Å². The first-order valence-corrected chi connectivity index (χ1v) is 11.3. The first kappa shape index (κ1) is 26.0. The molecule has 1 aromatic heterocycles. The summed E-state index contributed by atoms with van der Waals surface area (Å²) in [4.78, 5) is 51.2. The van der Waals surface area contributed by atoms with E-state index in [-0.39, 0.29) is 60.1 Å². The Bertz CT molecular complexity index is 927. The summed E-state index contributed by atoms with van der Waals surface area (Å²) in [5.74, 6) is -2.86. The van der Waals surface area contributed by atoms with Crippen molar-refractivity contribution in [1.29, 1.82) is 0 Å². The van der Waals surface area contributed by atoms with Crippen molar-refractivity contribution in [3.8, 4) is 0 Å². The molecule has 0 aliphatic heterocycles. The fourth-order valence-electron chi connectivity index (χ4n) is 3.26. The van der Waals surface area contributed by atoms with Gasteiger partial charge in [-0.2, -0.15) is 4.39 Å². The quantitative estimate of drug-likeness (QED) is 0.382. The number of hydrogen-bond donors (Lipinski definition) is 0. The molecule has 0 saturated carbocycles.